The molecule has 1 amide bonds. The number of carbonyl (C=O) groups is 2. The fraction of sp³-hybridized carbons (Fsp3) is 0.263. The molecule has 0 aromatic heterocycles. The zero-order chi connectivity index (χ0) is 18.9. The Labute approximate surface area is 157 Å². The summed E-state index contributed by atoms with van der Waals surface area (Å²) in [5, 5.41) is 2.92. The third-order valence-electron chi connectivity index (χ3n) is 3.58. The highest BCUT2D eigenvalue weighted by atomic mass is 35.5. The van der Waals surface area contributed by atoms with Crippen molar-refractivity contribution in [2.75, 3.05) is 27.4 Å². The van der Waals surface area contributed by atoms with Crippen LogP contribution in [-0.4, -0.2) is 39.2 Å². The summed E-state index contributed by atoms with van der Waals surface area (Å²) in [6.07, 6.45) is 0.700. The normalized spacial score (nSPS) is 10.1. The van der Waals surface area contributed by atoms with Crippen molar-refractivity contribution < 1.29 is 23.8 Å². The first-order chi connectivity index (χ1) is 12.5. The quantitative estimate of drug-likeness (QED) is 0.716. The average Bonchev–Trinajstić information content (AvgIpc) is 2.66. The van der Waals surface area contributed by atoms with Crippen molar-refractivity contribution in [2.45, 2.75) is 6.42 Å². The molecule has 0 heterocycles. The minimum absolute atomic E-state index is 0.171. The lowest BCUT2D eigenvalue weighted by atomic mass is 10.1. The van der Waals surface area contributed by atoms with Gasteiger partial charge in [-0.2, -0.15) is 0 Å². The predicted molar refractivity (Wildman–Crippen MR) is 98.0 cm³/mol. The maximum absolute atomic E-state index is 12.1. The molecule has 2 rings (SSSR count). The molecular formula is C19H20ClNO5. The Bertz CT molecular complexity index is 764. The van der Waals surface area contributed by atoms with Gasteiger partial charge in [0.15, 0.2) is 18.1 Å². The highest BCUT2D eigenvalue weighted by Crippen LogP contribution is 2.36. The molecule has 26 heavy (non-hydrogen) atoms. The van der Waals surface area contributed by atoms with Gasteiger partial charge in [-0.1, -0.05) is 41.9 Å². The Morgan fingerprint density at radius 3 is 2.46 bits per heavy atom. The van der Waals surface area contributed by atoms with Gasteiger partial charge in [0.05, 0.1) is 24.8 Å². The number of esters is 1. The van der Waals surface area contributed by atoms with E-state index in [0.717, 1.165) is 5.56 Å². The first-order valence-electron chi connectivity index (χ1n) is 7.94. The van der Waals surface area contributed by atoms with E-state index in [1.807, 2.05) is 30.3 Å². The van der Waals surface area contributed by atoms with Gasteiger partial charge in [-0.15, -0.1) is 0 Å². The third kappa shape index (κ3) is 5.39. The van der Waals surface area contributed by atoms with Crippen LogP contribution in [0.25, 0.3) is 0 Å². The van der Waals surface area contributed by atoms with E-state index >= 15 is 0 Å². The molecule has 138 valence electrons. The molecule has 0 unspecified atom stereocenters. The van der Waals surface area contributed by atoms with Gasteiger partial charge in [-0.05, 0) is 24.1 Å². The van der Waals surface area contributed by atoms with Crippen molar-refractivity contribution >= 4 is 23.5 Å². The largest absolute Gasteiger partial charge is 0.493 e. The lowest BCUT2D eigenvalue weighted by molar-refractivity contribution is -0.124. The topological polar surface area (TPSA) is 73.9 Å². The van der Waals surface area contributed by atoms with Crippen LogP contribution in [0, 0.1) is 0 Å². The number of benzene rings is 2. The molecule has 0 aliphatic carbocycles. The molecule has 0 bridgehead atoms. The summed E-state index contributed by atoms with van der Waals surface area (Å²) in [6, 6.07) is 12.6. The summed E-state index contributed by atoms with van der Waals surface area (Å²) < 4.78 is 15.3. The zero-order valence-electron chi connectivity index (χ0n) is 14.6. The summed E-state index contributed by atoms with van der Waals surface area (Å²) in [6.45, 7) is 0.0855. The molecule has 7 heteroatoms. The van der Waals surface area contributed by atoms with Crippen LogP contribution in [0.15, 0.2) is 42.5 Å². The molecule has 0 fully saturated rings. The fourth-order valence-electron chi connectivity index (χ4n) is 2.29. The number of hydrogen-bond acceptors (Lipinski definition) is 5. The molecule has 6 nitrogen and oxygen atoms in total. The van der Waals surface area contributed by atoms with Crippen LogP contribution in [-0.2, 0) is 16.0 Å². The van der Waals surface area contributed by atoms with Gasteiger partial charge in [0.25, 0.3) is 5.91 Å². The molecule has 0 saturated heterocycles. The van der Waals surface area contributed by atoms with Crippen molar-refractivity contribution in [3.8, 4) is 11.5 Å². The van der Waals surface area contributed by atoms with Gasteiger partial charge < -0.3 is 19.5 Å². The maximum Gasteiger partial charge on any atom is 0.338 e. The number of ether oxygens (including phenoxy) is 3. The van der Waals surface area contributed by atoms with E-state index in [2.05, 4.69) is 5.32 Å². The number of hydrogen-bond donors (Lipinski definition) is 1. The van der Waals surface area contributed by atoms with E-state index in [-0.39, 0.29) is 23.1 Å². The van der Waals surface area contributed by atoms with Gasteiger partial charge in [-0.25, -0.2) is 4.79 Å². The first kappa shape index (κ1) is 19.6. The summed E-state index contributed by atoms with van der Waals surface area (Å²) in [4.78, 5) is 23.9. The van der Waals surface area contributed by atoms with Gasteiger partial charge in [0.1, 0.15) is 0 Å². The van der Waals surface area contributed by atoms with Crippen LogP contribution >= 0.6 is 11.6 Å². The van der Waals surface area contributed by atoms with Crippen molar-refractivity contribution in [3.05, 3.63) is 58.6 Å². The standard InChI is InChI=1S/C19H20ClNO5/c1-24-16-11-14(10-15(20)18(16)25-2)19(23)26-12-17(22)21-9-8-13-6-4-3-5-7-13/h3-7,10-11H,8-9,12H2,1-2H3,(H,21,22). The van der Waals surface area contributed by atoms with E-state index in [1.165, 1.54) is 26.4 Å². The number of methoxy groups -OCH3 is 2. The average molecular weight is 378 g/mol. The lowest BCUT2D eigenvalue weighted by Gasteiger charge is -2.11. The van der Waals surface area contributed by atoms with Gasteiger partial charge in [0, 0.05) is 6.54 Å². The van der Waals surface area contributed by atoms with E-state index in [4.69, 9.17) is 25.8 Å². The lowest BCUT2D eigenvalue weighted by Crippen LogP contribution is -2.30. The van der Waals surface area contributed by atoms with Crippen molar-refractivity contribution in [2.24, 2.45) is 0 Å². The Hall–Kier alpha value is -2.73. The van der Waals surface area contributed by atoms with Crippen molar-refractivity contribution in [3.63, 3.8) is 0 Å². The Morgan fingerprint density at radius 2 is 1.81 bits per heavy atom. The zero-order valence-corrected chi connectivity index (χ0v) is 15.3. The molecule has 2 aromatic rings. The second-order valence-corrected chi connectivity index (χ2v) is 5.76. The number of nitrogens with one attached hydrogen (secondary N) is 1. The highest BCUT2D eigenvalue weighted by Gasteiger charge is 2.17. The highest BCUT2D eigenvalue weighted by molar-refractivity contribution is 6.32. The summed E-state index contributed by atoms with van der Waals surface area (Å²) in [5.41, 5.74) is 1.29. The van der Waals surface area contributed by atoms with Crippen molar-refractivity contribution in [1.29, 1.82) is 0 Å². The SMILES string of the molecule is COc1cc(C(=O)OCC(=O)NCCc2ccccc2)cc(Cl)c1OC. The number of carbonyl (C=O) groups excluding carboxylic acids is 2. The van der Waals surface area contributed by atoms with E-state index in [1.54, 1.807) is 0 Å². The fourth-order valence-corrected chi connectivity index (χ4v) is 2.58. The van der Waals surface area contributed by atoms with E-state index < -0.39 is 5.97 Å². The van der Waals surface area contributed by atoms with Gasteiger partial charge in [-0.3, -0.25) is 4.79 Å². The predicted octanol–water partition coefficient (Wildman–Crippen LogP) is 2.87. The molecule has 0 saturated carbocycles. The van der Waals surface area contributed by atoms with E-state index in [9.17, 15) is 9.59 Å². The molecule has 0 aliphatic rings. The molecule has 1 N–H and O–H groups in total. The third-order valence-corrected chi connectivity index (χ3v) is 3.86. The number of amides is 1. The monoisotopic (exact) mass is 377 g/mol. The molecule has 2 aromatic carbocycles. The number of rotatable bonds is 8. The smallest absolute Gasteiger partial charge is 0.338 e. The Morgan fingerprint density at radius 1 is 1.08 bits per heavy atom. The van der Waals surface area contributed by atoms with E-state index in [0.29, 0.717) is 24.5 Å². The second-order valence-electron chi connectivity index (χ2n) is 5.36. The van der Waals surface area contributed by atoms with Crippen LogP contribution in [0.4, 0.5) is 0 Å². The summed E-state index contributed by atoms with van der Waals surface area (Å²) in [7, 11) is 2.88. The van der Waals surface area contributed by atoms with Crippen LogP contribution in [0.3, 0.4) is 0 Å². The van der Waals surface area contributed by atoms with Crippen LogP contribution < -0.4 is 14.8 Å². The molecule has 0 spiro atoms. The minimum Gasteiger partial charge on any atom is -0.493 e. The van der Waals surface area contributed by atoms with Crippen LogP contribution in [0.5, 0.6) is 11.5 Å². The second kappa shape index (κ2) is 9.68. The molecule has 0 radical (unpaired) electrons. The number of halogens is 1. The minimum atomic E-state index is -0.675. The molecular weight excluding hydrogens is 358 g/mol. The van der Waals surface area contributed by atoms with Gasteiger partial charge in [0.2, 0.25) is 0 Å². The van der Waals surface area contributed by atoms with Crippen LogP contribution in [0.1, 0.15) is 15.9 Å². The molecule has 0 aliphatic heterocycles. The maximum atomic E-state index is 12.1. The van der Waals surface area contributed by atoms with Gasteiger partial charge >= 0.3 is 5.97 Å². The Balaban J connectivity index is 1.84. The summed E-state index contributed by atoms with van der Waals surface area (Å²) >= 11 is 6.05. The van der Waals surface area contributed by atoms with Crippen LogP contribution in [0.2, 0.25) is 5.02 Å². The summed E-state index contributed by atoms with van der Waals surface area (Å²) in [5.74, 6) is -0.421. The molecule has 0 atom stereocenters. The first-order valence-corrected chi connectivity index (χ1v) is 8.32. The Kier molecular flexibility index (Phi) is 7.29. The van der Waals surface area contributed by atoms with Crippen molar-refractivity contribution in [1.82, 2.24) is 5.32 Å².